The monoisotopic (exact) mass is 1320 g/mol. The summed E-state index contributed by atoms with van der Waals surface area (Å²) in [6.45, 7) is 11.9. The number of aliphatic hydroxyl groups excluding tert-OH is 1. The predicted octanol–water partition coefficient (Wildman–Crippen LogP) is 20.2. The molecule has 0 spiro atoms. The van der Waals surface area contributed by atoms with Gasteiger partial charge in [-0.25, -0.2) is 9.13 Å². The molecule has 0 saturated carbocycles. The van der Waals surface area contributed by atoms with E-state index < -0.39 is 97.5 Å². The van der Waals surface area contributed by atoms with E-state index >= 15 is 0 Å². The fourth-order valence-electron chi connectivity index (χ4n) is 10.7. The van der Waals surface area contributed by atoms with E-state index in [0.29, 0.717) is 25.7 Å². The van der Waals surface area contributed by atoms with Gasteiger partial charge >= 0.3 is 39.5 Å². The third-order valence-corrected chi connectivity index (χ3v) is 18.6. The smallest absolute Gasteiger partial charge is 0.462 e. The van der Waals surface area contributed by atoms with Crippen molar-refractivity contribution in [3.05, 3.63) is 0 Å². The van der Waals surface area contributed by atoms with Crippen LogP contribution in [0.4, 0.5) is 0 Å². The van der Waals surface area contributed by atoms with Crippen molar-refractivity contribution in [2.45, 2.75) is 375 Å². The Morgan fingerprint density at radius 1 is 0.322 bits per heavy atom. The van der Waals surface area contributed by atoms with E-state index in [9.17, 15) is 43.2 Å². The highest BCUT2D eigenvalue weighted by Crippen LogP contribution is 2.45. The molecule has 19 heteroatoms. The van der Waals surface area contributed by atoms with Crippen LogP contribution in [0.1, 0.15) is 357 Å². The van der Waals surface area contributed by atoms with Gasteiger partial charge in [0.2, 0.25) is 0 Å². The molecule has 0 radical (unpaired) electrons. The summed E-state index contributed by atoms with van der Waals surface area (Å²) in [7, 11) is -9.90. The van der Waals surface area contributed by atoms with Crippen molar-refractivity contribution in [1.82, 2.24) is 0 Å². The molecular formula is C71H138O17P2. The molecule has 0 bridgehead atoms. The van der Waals surface area contributed by atoms with Crippen LogP contribution in [-0.2, 0) is 65.4 Å². The molecule has 0 aliphatic rings. The van der Waals surface area contributed by atoms with Crippen molar-refractivity contribution in [2.24, 2.45) is 17.8 Å². The van der Waals surface area contributed by atoms with Gasteiger partial charge in [0.25, 0.3) is 0 Å². The van der Waals surface area contributed by atoms with E-state index in [-0.39, 0.29) is 25.7 Å². The largest absolute Gasteiger partial charge is 0.472 e. The number of rotatable bonds is 69. The molecule has 0 aromatic heterocycles. The molecule has 534 valence electrons. The van der Waals surface area contributed by atoms with Crippen LogP contribution in [0.25, 0.3) is 0 Å². The van der Waals surface area contributed by atoms with Crippen LogP contribution in [0.5, 0.6) is 0 Å². The van der Waals surface area contributed by atoms with E-state index in [1.807, 2.05) is 0 Å². The Morgan fingerprint density at radius 3 is 0.844 bits per heavy atom. The Hall–Kier alpha value is -1.94. The molecule has 90 heavy (non-hydrogen) atoms. The standard InChI is InChI=1S/C71H138O17P2/c1-8-10-11-12-13-14-24-31-38-45-52-68(73)81-58-67(88-71(76)55-48-41-34-27-20-22-29-36-43-50-63(5)6)61-86-90(79,80)84-57-65(72)56-83-89(77,78)85-60-66(87-70(75)54-47-40-33-26-17-15-16-21-28-35-42-49-62(3)4)59-82-69(74)53-46-39-32-25-19-18-23-30-37-44-51-64(7)9-2/h62-67,72H,8-61H2,1-7H3,(H,77,78)(H,79,80)/t64?,65-,66-,67-/m1/s1. The fraction of sp³-hybridized carbons (Fsp3) is 0.944. The SMILES string of the molecule is CCCCCCCCCCCCC(=O)OC[C@H](COP(=O)(O)OC[C@H](O)COP(=O)(O)OC[C@@H](COC(=O)CCCCCCCCCCCCC(C)CC)OC(=O)CCCCCCCCCCCCCC(C)C)OC(=O)CCCCCCCCCCCC(C)C. The summed E-state index contributed by atoms with van der Waals surface area (Å²) in [5.41, 5.74) is 0. The highest BCUT2D eigenvalue weighted by atomic mass is 31.2. The van der Waals surface area contributed by atoms with E-state index in [2.05, 4.69) is 48.5 Å². The fourth-order valence-corrected chi connectivity index (χ4v) is 12.3. The molecule has 0 amide bonds. The number of phosphoric acid groups is 2. The average molecular weight is 1330 g/mol. The molecule has 0 aliphatic carbocycles. The van der Waals surface area contributed by atoms with Gasteiger partial charge in [-0.2, -0.15) is 0 Å². The van der Waals surface area contributed by atoms with Gasteiger partial charge in [-0.15, -0.1) is 0 Å². The number of ether oxygens (including phenoxy) is 4. The summed E-state index contributed by atoms with van der Waals surface area (Å²) in [6, 6.07) is 0. The lowest BCUT2D eigenvalue weighted by Crippen LogP contribution is -2.30. The number of carbonyl (C=O) groups excluding carboxylic acids is 4. The first-order chi connectivity index (χ1) is 43.3. The van der Waals surface area contributed by atoms with Crippen LogP contribution in [0.2, 0.25) is 0 Å². The highest BCUT2D eigenvalue weighted by molar-refractivity contribution is 7.47. The van der Waals surface area contributed by atoms with E-state index in [0.717, 1.165) is 108 Å². The topological polar surface area (TPSA) is 237 Å². The molecule has 0 saturated heterocycles. The third kappa shape index (κ3) is 63.5. The number of unbranched alkanes of at least 4 members (excludes halogenated alkanes) is 36. The maximum absolute atomic E-state index is 13.0. The summed E-state index contributed by atoms with van der Waals surface area (Å²) in [5.74, 6) is 0.187. The van der Waals surface area contributed by atoms with Crippen molar-refractivity contribution in [1.29, 1.82) is 0 Å². The van der Waals surface area contributed by atoms with Crippen molar-refractivity contribution >= 4 is 39.5 Å². The summed E-state index contributed by atoms with van der Waals surface area (Å²) in [6.07, 6.45) is 45.6. The van der Waals surface area contributed by atoms with Crippen LogP contribution >= 0.6 is 15.6 Å². The first-order valence-corrected chi connectivity index (χ1v) is 39.9. The molecule has 0 heterocycles. The summed E-state index contributed by atoms with van der Waals surface area (Å²) in [5, 5.41) is 10.6. The first-order valence-electron chi connectivity index (χ1n) is 36.9. The summed E-state index contributed by atoms with van der Waals surface area (Å²) >= 11 is 0. The number of hydrogen-bond acceptors (Lipinski definition) is 15. The lowest BCUT2D eigenvalue weighted by molar-refractivity contribution is -0.161. The quantitative estimate of drug-likeness (QED) is 0.0222. The van der Waals surface area contributed by atoms with E-state index in [4.69, 9.17) is 37.0 Å². The maximum atomic E-state index is 13.0. The molecule has 0 aromatic rings. The van der Waals surface area contributed by atoms with Crippen LogP contribution in [-0.4, -0.2) is 96.7 Å². The molecule has 3 N–H and O–H groups in total. The Labute approximate surface area is 549 Å². The second kappa shape index (κ2) is 61.9. The second-order valence-corrected chi connectivity index (χ2v) is 29.7. The molecule has 0 rings (SSSR count). The number of esters is 4. The van der Waals surface area contributed by atoms with Crippen LogP contribution in [0.3, 0.4) is 0 Å². The zero-order chi connectivity index (χ0) is 66.6. The first kappa shape index (κ1) is 88.1. The predicted molar refractivity (Wildman–Crippen MR) is 363 cm³/mol. The summed E-state index contributed by atoms with van der Waals surface area (Å²) in [4.78, 5) is 72.6. The van der Waals surface area contributed by atoms with Crippen molar-refractivity contribution < 1.29 is 80.2 Å². The Bertz CT molecular complexity index is 1770. The molecule has 3 unspecified atom stereocenters. The van der Waals surface area contributed by atoms with Gasteiger partial charge in [-0.05, 0) is 43.4 Å². The normalized spacial score (nSPS) is 14.5. The van der Waals surface area contributed by atoms with Gasteiger partial charge < -0.3 is 33.8 Å². The van der Waals surface area contributed by atoms with Gasteiger partial charge in [-0.1, -0.05) is 305 Å². The maximum Gasteiger partial charge on any atom is 0.472 e. The molecule has 0 fully saturated rings. The molecule has 17 nitrogen and oxygen atoms in total. The second-order valence-electron chi connectivity index (χ2n) is 26.8. The van der Waals surface area contributed by atoms with Crippen LogP contribution < -0.4 is 0 Å². The van der Waals surface area contributed by atoms with Gasteiger partial charge in [-0.3, -0.25) is 37.3 Å². The van der Waals surface area contributed by atoms with Crippen LogP contribution in [0, 0.1) is 17.8 Å². The van der Waals surface area contributed by atoms with E-state index in [1.165, 1.54) is 167 Å². The number of phosphoric ester groups is 2. The minimum absolute atomic E-state index is 0.105. The van der Waals surface area contributed by atoms with Crippen molar-refractivity contribution in [2.75, 3.05) is 39.6 Å². The Balaban J connectivity index is 5.26. The van der Waals surface area contributed by atoms with E-state index in [1.54, 1.807) is 0 Å². The zero-order valence-corrected chi connectivity index (χ0v) is 60.4. The Morgan fingerprint density at radius 2 is 0.567 bits per heavy atom. The van der Waals surface area contributed by atoms with Gasteiger partial charge in [0.05, 0.1) is 26.4 Å². The number of hydrogen-bond donors (Lipinski definition) is 3. The summed E-state index contributed by atoms with van der Waals surface area (Å²) < 4.78 is 68.3. The number of aliphatic hydroxyl groups is 1. The molecule has 6 atom stereocenters. The van der Waals surface area contributed by atoms with Crippen LogP contribution in [0.15, 0.2) is 0 Å². The molecule has 0 aromatic carbocycles. The third-order valence-electron chi connectivity index (χ3n) is 16.7. The zero-order valence-electron chi connectivity index (χ0n) is 58.6. The lowest BCUT2D eigenvalue weighted by Gasteiger charge is -2.21. The lowest BCUT2D eigenvalue weighted by atomic mass is 9.99. The number of carbonyl (C=O) groups is 4. The van der Waals surface area contributed by atoms with Crippen molar-refractivity contribution in [3.8, 4) is 0 Å². The highest BCUT2D eigenvalue weighted by Gasteiger charge is 2.30. The molecule has 0 aliphatic heterocycles. The minimum Gasteiger partial charge on any atom is -0.462 e. The average Bonchev–Trinajstić information content (AvgIpc) is 3.72. The van der Waals surface area contributed by atoms with Gasteiger partial charge in [0, 0.05) is 25.7 Å². The minimum atomic E-state index is -4.95. The van der Waals surface area contributed by atoms with Crippen molar-refractivity contribution in [3.63, 3.8) is 0 Å². The van der Waals surface area contributed by atoms with Gasteiger partial charge in [0.15, 0.2) is 12.2 Å². The van der Waals surface area contributed by atoms with Gasteiger partial charge in [0.1, 0.15) is 19.3 Å². The molecular weight excluding hydrogens is 1190 g/mol. The Kier molecular flexibility index (Phi) is 60.6.